The molecule has 1 aliphatic rings. The molecule has 2 aromatic rings. The number of ketones is 1. The Bertz CT molecular complexity index is 1210. The number of phenols is 1. The number of ether oxygens (including phenoxy) is 6. The molecule has 5 atom stereocenters. The first-order valence-corrected chi connectivity index (χ1v) is 12.6. The van der Waals surface area contributed by atoms with Crippen LogP contribution in [-0.2, 0) is 49.3 Å². The predicted molar refractivity (Wildman–Crippen MR) is 131 cm³/mol. The van der Waals surface area contributed by atoms with Gasteiger partial charge in [-0.3, -0.25) is 24.0 Å². The van der Waals surface area contributed by atoms with E-state index in [4.69, 9.17) is 28.4 Å². The number of carbonyl (C=O) groups is 5. The smallest absolute Gasteiger partial charge is 0.303 e. The van der Waals surface area contributed by atoms with Crippen LogP contribution >= 0.6 is 11.3 Å². The van der Waals surface area contributed by atoms with Crippen LogP contribution in [0, 0.1) is 0 Å². The summed E-state index contributed by atoms with van der Waals surface area (Å²) in [5.74, 6) is -3.78. The highest BCUT2D eigenvalue weighted by Crippen LogP contribution is 2.32. The summed E-state index contributed by atoms with van der Waals surface area (Å²) in [5, 5.41) is 12.2. The maximum atomic E-state index is 12.6. The van der Waals surface area contributed by atoms with Crippen LogP contribution in [0.15, 0.2) is 29.1 Å². The summed E-state index contributed by atoms with van der Waals surface area (Å²) in [6.45, 7) is 4.04. The highest BCUT2D eigenvalue weighted by molar-refractivity contribution is 7.07. The van der Waals surface area contributed by atoms with Crippen molar-refractivity contribution in [3.63, 3.8) is 0 Å². The number of thiazole rings is 1. The molecule has 1 aromatic heterocycles. The lowest BCUT2D eigenvalue weighted by Gasteiger charge is -2.43. The molecule has 1 fully saturated rings. The van der Waals surface area contributed by atoms with Gasteiger partial charge < -0.3 is 33.5 Å². The first-order chi connectivity index (χ1) is 18.4. The van der Waals surface area contributed by atoms with Crippen LogP contribution < -0.4 is 4.74 Å². The molecule has 1 N–H and O–H groups in total. The van der Waals surface area contributed by atoms with E-state index in [0.29, 0.717) is 5.69 Å². The second-order valence-corrected chi connectivity index (χ2v) is 9.16. The number of nitrogens with zero attached hydrogens (tertiary/aromatic N) is 1. The van der Waals surface area contributed by atoms with Crippen molar-refractivity contribution in [1.82, 2.24) is 4.98 Å². The van der Waals surface area contributed by atoms with E-state index >= 15 is 0 Å². The highest BCUT2D eigenvalue weighted by Gasteiger charge is 2.53. The van der Waals surface area contributed by atoms with Crippen LogP contribution in [0.5, 0.6) is 11.5 Å². The van der Waals surface area contributed by atoms with Gasteiger partial charge in [-0.1, -0.05) is 0 Å². The molecule has 0 unspecified atom stereocenters. The lowest BCUT2D eigenvalue weighted by molar-refractivity contribution is -0.288. The molecule has 1 aliphatic heterocycles. The fourth-order valence-electron chi connectivity index (χ4n) is 3.82. The Morgan fingerprint density at radius 3 is 2.13 bits per heavy atom. The summed E-state index contributed by atoms with van der Waals surface area (Å²) in [6.07, 6.45) is -6.90. The van der Waals surface area contributed by atoms with Crippen LogP contribution in [0.4, 0.5) is 0 Å². The van der Waals surface area contributed by atoms with Gasteiger partial charge in [0.2, 0.25) is 12.4 Å². The summed E-state index contributed by atoms with van der Waals surface area (Å²) in [7, 11) is 0. The van der Waals surface area contributed by atoms with Gasteiger partial charge in [-0.2, -0.15) is 0 Å². The fourth-order valence-corrected chi connectivity index (χ4v) is 4.38. The first kappa shape index (κ1) is 29.5. The molecule has 1 aromatic carbocycles. The van der Waals surface area contributed by atoms with Crippen molar-refractivity contribution in [2.75, 3.05) is 6.61 Å². The molecule has 3 rings (SSSR count). The summed E-state index contributed by atoms with van der Waals surface area (Å²) in [6, 6.07) is 3.87. The summed E-state index contributed by atoms with van der Waals surface area (Å²) in [4.78, 5) is 63.8. The molecule has 0 spiro atoms. The molecule has 210 valence electrons. The highest BCUT2D eigenvalue weighted by atomic mass is 32.1. The molecule has 1 saturated heterocycles. The third kappa shape index (κ3) is 8.22. The van der Waals surface area contributed by atoms with Crippen molar-refractivity contribution in [3.05, 3.63) is 40.3 Å². The molecule has 0 saturated carbocycles. The van der Waals surface area contributed by atoms with E-state index in [1.807, 2.05) is 0 Å². The van der Waals surface area contributed by atoms with Gasteiger partial charge in [0, 0.05) is 39.1 Å². The summed E-state index contributed by atoms with van der Waals surface area (Å²) >= 11 is 1.34. The van der Waals surface area contributed by atoms with Crippen LogP contribution in [-0.4, -0.2) is 77.1 Å². The van der Waals surface area contributed by atoms with Gasteiger partial charge >= 0.3 is 23.9 Å². The Hall–Kier alpha value is -4.04. The van der Waals surface area contributed by atoms with Crippen LogP contribution in [0.3, 0.4) is 0 Å². The van der Waals surface area contributed by atoms with Crippen molar-refractivity contribution in [1.29, 1.82) is 0 Å². The number of aromatic hydroxyl groups is 1. The Labute approximate surface area is 226 Å². The van der Waals surface area contributed by atoms with Crippen LogP contribution in [0.2, 0.25) is 0 Å². The number of rotatable bonds is 10. The average Bonchev–Trinajstić information content (AvgIpc) is 3.33. The van der Waals surface area contributed by atoms with E-state index in [0.717, 1.165) is 33.8 Å². The number of esters is 4. The second-order valence-electron chi connectivity index (χ2n) is 8.44. The quantitative estimate of drug-likeness (QED) is 0.251. The minimum absolute atomic E-state index is 0.00129. The monoisotopic (exact) mass is 565 g/mol. The van der Waals surface area contributed by atoms with Gasteiger partial charge in [-0.15, -0.1) is 11.3 Å². The fraction of sp³-hybridized carbons (Fsp3) is 0.440. The Balaban J connectivity index is 1.91. The lowest BCUT2D eigenvalue weighted by atomic mass is 9.98. The number of benzene rings is 1. The number of Topliss-reactive ketones (excluding diaryl/α,β-unsaturated/α-hetero) is 1. The predicted octanol–water partition coefficient (Wildman–Crippen LogP) is 1.74. The standard InChI is InChI=1S/C25H27NO12S/c1-12(27)33-9-21-22(34-13(2)28)23(35-14(3)29)24(36-15(4)30)25(38-21)37-17-5-6-18(20(32)8-17)19(31)7-16-10-39-11-26-16/h5-6,8,10-11,21-25,32H,7,9H2,1-4H3/t21-,22+,23-,24-,25-/m0/s1. The van der Waals surface area contributed by atoms with E-state index in [9.17, 15) is 29.1 Å². The van der Waals surface area contributed by atoms with Crippen LogP contribution in [0.1, 0.15) is 43.7 Å². The van der Waals surface area contributed by atoms with Gasteiger partial charge in [-0.25, -0.2) is 4.98 Å². The van der Waals surface area contributed by atoms with E-state index in [1.165, 1.54) is 23.5 Å². The molecule has 13 nitrogen and oxygen atoms in total. The van der Waals surface area contributed by atoms with Gasteiger partial charge in [0.15, 0.2) is 18.0 Å². The third-order valence-electron chi connectivity index (χ3n) is 5.30. The molecule has 0 bridgehead atoms. The first-order valence-electron chi connectivity index (χ1n) is 11.6. The van der Waals surface area contributed by atoms with Gasteiger partial charge in [0.05, 0.1) is 23.2 Å². The Morgan fingerprint density at radius 2 is 1.56 bits per heavy atom. The van der Waals surface area contributed by atoms with Gasteiger partial charge in [-0.05, 0) is 12.1 Å². The summed E-state index contributed by atoms with van der Waals surface area (Å²) < 4.78 is 32.7. The van der Waals surface area contributed by atoms with E-state index in [2.05, 4.69) is 4.98 Å². The zero-order valence-corrected chi connectivity index (χ0v) is 22.3. The maximum Gasteiger partial charge on any atom is 0.303 e. The Morgan fingerprint density at radius 1 is 0.923 bits per heavy atom. The molecule has 2 heterocycles. The zero-order valence-electron chi connectivity index (χ0n) is 21.5. The zero-order chi connectivity index (χ0) is 28.7. The molecular weight excluding hydrogens is 538 g/mol. The SMILES string of the molecule is CC(=O)OC[C@@H]1O[C@H](Oc2ccc(C(=O)Cc3cscn3)c(O)c2)[C@@H](OC(C)=O)[C@@H](OC(C)=O)[C@@H]1OC(C)=O. The molecular formula is C25H27NO12S. The number of hydrogen-bond donors (Lipinski definition) is 1. The van der Waals surface area contributed by atoms with Crippen molar-refractivity contribution >= 4 is 41.0 Å². The minimum Gasteiger partial charge on any atom is -0.507 e. The molecule has 14 heteroatoms. The third-order valence-corrected chi connectivity index (χ3v) is 5.93. The van der Waals surface area contributed by atoms with E-state index in [-0.39, 0.29) is 23.5 Å². The second kappa shape index (κ2) is 13.2. The molecule has 0 aliphatic carbocycles. The molecule has 0 radical (unpaired) electrons. The topological polar surface area (TPSA) is 174 Å². The van der Waals surface area contributed by atoms with Gasteiger partial charge in [0.1, 0.15) is 24.2 Å². The van der Waals surface area contributed by atoms with Crippen molar-refractivity contribution in [2.24, 2.45) is 0 Å². The number of hydrogen-bond acceptors (Lipinski definition) is 14. The largest absolute Gasteiger partial charge is 0.507 e. The van der Waals surface area contributed by atoms with Crippen molar-refractivity contribution in [3.8, 4) is 11.5 Å². The van der Waals surface area contributed by atoms with Crippen molar-refractivity contribution in [2.45, 2.75) is 64.8 Å². The van der Waals surface area contributed by atoms with E-state index in [1.54, 1.807) is 10.9 Å². The normalized spacial score (nSPS) is 22.3. The minimum atomic E-state index is -1.48. The van der Waals surface area contributed by atoms with Crippen LogP contribution in [0.25, 0.3) is 0 Å². The van der Waals surface area contributed by atoms with E-state index < -0.39 is 66.9 Å². The maximum absolute atomic E-state index is 12.6. The number of phenolic OH excluding ortho intramolecular Hbond substituents is 1. The molecule has 0 amide bonds. The number of carbonyl (C=O) groups excluding carboxylic acids is 5. The average molecular weight is 566 g/mol. The Kier molecular flexibility index (Phi) is 9.95. The van der Waals surface area contributed by atoms with Crippen molar-refractivity contribution < 1.29 is 57.5 Å². The molecule has 39 heavy (non-hydrogen) atoms. The number of aromatic nitrogens is 1. The van der Waals surface area contributed by atoms with Gasteiger partial charge in [0.25, 0.3) is 0 Å². The summed E-state index contributed by atoms with van der Waals surface area (Å²) in [5.41, 5.74) is 2.17. The lowest BCUT2D eigenvalue weighted by Crippen LogP contribution is -2.63.